The maximum Gasteiger partial charge on any atom is 0.291 e. The number of furan rings is 1. The maximum atomic E-state index is 13.1. The number of anilines is 1. The van der Waals surface area contributed by atoms with Gasteiger partial charge in [-0.3, -0.25) is 9.59 Å². The molecular formula is C22H19FN2O3. The molecule has 28 heavy (non-hydrogen) atoms. The summed E-state index contributed by atoms with van der Waals surface area (Å²) in [5.74, 6) is -0.429. The van der Waals surface area contributed by atoms with Gasteiger partial charge in [-0.25, -0.2) is 4.39 Å². The van der Waals surface area contributed by atoms with Gasteiger partial charge in [-0.15, -0.1) is 0 Å². The molecule has 0 spiro atoms. The summed E-state index contributed by atoms with van der Waals surface area (Å²) < 4.78 is 18.2. The van der Waals surface area contributed by atoms with Gasteiger partial charge in [-0.1, -0.05) is 24.3 Å². The van der Waals surface area contributed by atoms with Crippen LogP contribution in [0.5, 0.6) is 0 Å². The molecule has 0 bridgehead atoms. The molecule has 1 aliphatic carbocycles. The first kappa shape index (κ1) is 18.0. The molecule has 2 N–H and O–H groups in total. The average molecular weight is 378 g/mol. The highest BCUT2D eigenvalue weighted by molar-refractivity contribution is 6.02. The van der Waals surface area contributed by atoms with Gasteiger partial charge >= 0.3 is 0 Å². The third-order valence-corrected chi connectivity index (χ3v) is 4.99. The van der Waals surface area contributed by atoms with Crippen LogP contribution in [0.3, 0.4) is 0 Å². The number of nitrogens with one attached hydrogen (secondary N) is 2. The highest BCUT2D eigenvalue weighted by Gasteiger charge is 2.51. The minimum Gasteiger partial charge on any atom is -0.459 e. The van der Waals surface area contributed by atoms with Crippen LogP contribution in [0.15, 0.2) is 71.3 Å². The standard InChI is InChI=1S/C22H19FN2O3/c23-17-7-5-16(6-8-17)22(11-12-22)21(27)24-14-15-3-9-18(10-4-15)25-20(26)19-2-1-13-28-19/h1-10,13H,11-12,14H2,(H,24,27)(H,25,26). The van der Waals surface area contributed by atoms with E-state index in [0.29, 0.717) is 12.2 Å². The Bertz CT molecular complexity index is 976. The first-order valence-electron chi connectivity index (χ1n) is 9.05. The van der Waals surface area contributed by atoms with Gasteiger partial charge in [0.15, 0.2) is 5.76 Å². The topological polar surface area (TPSA) is 71.3 Å². The minimum atomic E-state index is -0.537. The van der Waals surface area contributed by atoms with Crippen LogP contribution in [-0.2, 0) is 16.8 Å². The van der Waals surface area contributed by atoms with Crippen molar-refractivity contribution in [3.05, 3.63) is 89.6 Å². The van der Waals surface area contributed by atoms with Crippen molar-refractivity contribution in [3.63, 3.8) is 0 Å². The van der Waals surface area contributed by atoms with Crippen LogP contribution in [0, 0.1) is 5.82 Å². The van der Waals surface area contributed by atoms with E-state index in [-0.39, 0.29) is 23.4 Å². The second-order valence-electron chi connectivity index (χ2n) is 6.90. The van der Waals surface area contributed by atoms with Crippen molar-refractivity contribution in [1.82, 2.24) is 5.32 Å². The lowest BCUT2D eigenvalue weighted by molar-refractivity contribution is -0.123. The van der Waals surface area contributed by atoms with Crippen LogP contribution < -0.4 is 10.6 Å². The Hall–Kier alpha value is -3.41. The second kappa shape index (κ2) is 7.31. The lowest BCUT2D eigenvalue weighted by Gasteiger charge is -2.16. The van der Waals surface area contributed by atoms with E-state index in [1.165, 1.54) is 18.4 Å². The molecule has 5 nitrogen and oxygen atoms in total. The fourth-order valence-corrected chi connectivity index (χ4v) is 3.20. The number of carbonyl (C=O) groups is 2. The Labute approximate surface area is 161 Å². The summed E-state index contributed by atoms with van der Waals surface area (Å²) in [7, 11) is 0. The lowest BCUT2D eigenvalue weighted by atomic mass is 9.95. The third kappa shape index (κ3) is 3.67. The van der Waals surface area contributed by atoms with Gasteiger partial charge in [-0.05, 0) is 60.4 Å². The van der Waals surface area contributed by atoms with Crippen molar-refractivity contribution in [2.24, 2.45) is 0 Å². The zero-order valence-electron chi connectivity index (χ0n) is 15.1. The number of halogens is 1. The first-order valence-corrected chi connectivity index (χ1v) is 9.05. The maximum absolute atomic E-state index is 13.1. The lowest BCUT2D eigenvalue weighted by Crippen LogP contribution is -2.34. The number of rotatable bonds is 6. The Morgan fingerprint density at radius 2 is 1.71 bits per heavy atom. The molecule has 4 rings (SSSR count). The van der Waals surface area contributed by atoms with Crippen LogP contribution in [-0.4, -0.2) is 11.8 Å². The molecule has 1 fully saturated rings. The van der Waals surface area contributed by atoms with Gasteiger partial charge in [0.25, 0.3) is 5.91 Å². The fourth-order valence-electron chi connectivity index (χ4n) is 3.20. The molecule has 1 aromatic heterocycles. The molecule has 0 saturated heterocycles. The van der Waals surface area contributed by atoms with E-state index >= 15 is 0 Å². The van der Waals surface area contributed by atoms with Crippen molar-refractivity contribution in [2.45, 2.75) is 24.8 Å². The second-order valence-corrected chi connectivity index (χ2v) is 6.90. The number of hydrogen-bond acceptors (Lipinski definition) is 3. The number of hydrogen-bond donors (Lipinski definition) is 2. The quantitative estimate of drug-likeness (QED) is 0.681. The molecule has 0 atom stereocenters. The molecule has 6 heteroatoms. The van der Waals surface area contributed by atoms with Crippen LogP contribution in [0.4, 0.5) is 10.1 Å². The smallest absolute Gasteiger partial charge is 0.291 e. The summed E-state index contributed by atoms with van der Waals surface area (Å²) in [6.07, 6.45) is 2.98. The predicted octanol–water partition coefficient (Wildman–Crippen LogP) is 4.02. The minimum absolute atomic E-state index is 0.0469. The summed E-state index contributed by atoms with van der Waals surface area (Å²) in [5.41, 5.74) is 1.87. The Kier molecular flexibility index (Phi) is 4.69. The van der Waals surface area contributed by atoms with Gasteiger partial charge in [0.1, 0.15) is 5.82 Å². The van der Waals surface area contributed by atoms with E-state index < -0.39 is 5.41 Å². The van der Waals surface area contributed by atoms with E-state index in [4.69, 9.17) is 4.42 Å². The summed E-state index contributed by atoms with van der Waals surface area (Å²) in [4.78, 5) is 24.6. The number of amides is 2. The van der Waals surface area contributed by atoms with Gasteiger partial charge in [0.2, 0.25) is 5.91 Å². The van der Waals surface area contributed by atoms with Crippen LogP contribution in [0.1, 0.15) is 34.5 Å². The first-order chi connectivity index (χ1) is 13.6. The predicted molar refractivity (Wildman–Crippen MR) is 102 cm³/mol. The average Bonchev–Trinajstić information content (AvgIpc) is 3.33. The molecule has 0 aliphatic heterocycles. The van der Waals surface area contributed by atoms with E-state index in [1.54, 1.807) is 36.4 Å². The van der Waals surface area contributed by atoms with Gasteiger partial charge in [0, 0.05) is 12.2 Å². The number of carbonyl (C=O) groups excluding carboxylic acids is 2. The van der Waals surface area contributed by atoms with E-state index in [2.05, 4.69) is 10.6 Å². The molecule has 142 valence electrons. The molecule has 2 aromatic carbocycles. The largest absolute Gasteiger partial charge is 0.459 e. The molecule has 1 saturated carbocycles. The van der Waals surface area contributed by atoms with Crippen molar-refractivity contribution < 1.29 is 18.4 Å². The monoisotopic (exact) mass is 378 g/mol. The van der Waals surface area contributed by atoms with Crippen LogP contribution in [0.2, 0.25) is 0 Å². The fraction of sp³-hybridized carbons (Fsp3) is 0.182. The molecule has 1 aliphatic rings. The van der Waals surface area contributed by atoms with Crippen molar-refractivity contribution in [3.8, 4) is 0 Å². The zero-order chi connectivity index (χ0) is 19.6. The number of benzene rings is 2. The summed E-state index contributed by atoms with van der Waals surface area (Å²) in [6.45, 7) is 0.383. The van der Waals surface area contributed by atoms with Gasteiger partial charge in [-0.2, -0.15) is 0 Å². The van der Waals surface area contributed by atoms with E-state index in [9.17, 15) is 14.0 Å². The molecule has 2 amide bonds. The van der Waals surface area contributed by atoms with Crippen molar-refractivity contribution in [1.29, 1.82) is 0 Å². The van der Waals surface area contributed by atoms with E-state index in [1.807, 2.05) is 12.1 Å². The van der Waals surface area contributed by atoms with Crippen LogP contribution in [0.25, 0.3) is 0 Å². The SMILES string of the molecule is O=C(Nc1ccc(CNC(=O)C2(c3ccc(F)cc3)CC2)cc1)c1ccco1. The Morgan fingerprint density at radius 3 is 2.32 bits per heavy atom. The van der Waals surface area contributed by atoms with Gasteiger partial charge in [0.05, 0.1) is 11.7 Å². The molecular weight excluding hydrogens is 359 g/mol. The summed E-state index contributed by atoms with van der Waals surface area (Å²) >= 11 is 0. The van der Waals surface area contributed by atoms with Gasteiger partial charge < -0.3 is 15.1 Å². The third-order valence-electron chi connectivity index (χ3n) is 4.99. The molecule has 1 heterocycles. The summed E-state index contributed by atoms with van der Waals surface area (Å²) in [6, 6.07) is 16.6. The molecule has 3 aromatic rings. The molecule has 0 radical (unpaired) electrons. The molecule has 0 unspecified atom stereocenters. The zero-order valence-corrected chi connectivity index (χ0v) is 15.1. The highest BCUT2D eigenvalue weighted by Crippen LogP contribution is 2.48. The van der Waals surface area contributed by atoms with Crippen LogP contribution >= 0.6 is 0 Å². The Balaban J connectivity index is 1.34. The normalized spacial score (nSPS) is 14.3. The summed E-state index contributed by atoms with van der Waals surface area (Å²) in [5, 5.41) is 5.71. The van der Waals surface area contributed by atoms with Crippen molar-refractivity contribution >= 4 is 17.5 Å². The highest BCUT2D eigenvalue weighted by atomic mass is 19.1. The van der Waals surface area contributed by atoms with Crippen molar-refractivity contribution in [2.75, 3.05) is 5.32 Å². The Morgan fingerprint density at radius 1 is 1.00 bits per heavy atom. The van der Waals surface area contributed by atoms with E-state index in [0.717, 1.165) is 24.0 Å².